The predicted molar refractivity (Wildman–Crippen MR) is 68.3 cm³/mol. The van der Waals surface area contributed by atoms with Crippen LogP contribution < -0.4 is 5.73 Å². The second-order valence-corrected chi connectivity index (χ2v) is 6.72. The molecule has 2 rings (SSSR count). The van der Waals surface area contributed by atoms with Crippen molar-refractivity contribution < 1.29 is 0 Å². The number of nitrogens with two attached hydrogens (primary N) is 1. The Morgan fingerprint density at radius 3 is 2.73 bits per heavy atom. The maximum absolute atomic E-state index is 6.04. The van der Waals surface area contributed by atoms with Crippen LogP contribution in [0.5, 0.6) is 0 Å². The molecule has 2 N–H and O–H groups in total. The molecule has 0 aliphatic heterocycles. The number of hydrogen-bond donors (Lipinski definition) is 1. The number of hydrogen-bond acceptors (Lipinski definition) is 2. The van der Waals surface area contributed by atoms with Crippen molar-refractivity contribution >= 4 is 28.5 Å². The van der Waals surface area contributed by atoms with E-state index in [9.17, 15) is 0 Å². The average Bonchev–Trinajstić information content (AvgIpc) is 2.48. The van der Waals surface area contributed by atoms with Gasteiger partial charge in [0.1, 0.15) is 0 Å². The molecule has 1 nitrogen and oxygen atoms in total. The lowest BCUT2D eigenvalue weighted by molar-refractivity contribution is 0.319. The molecule has 15 heavy (non-hydrogen) atoms. The lowest BCUT2D eigenvalue weighted by atomic mass is 9.75. The second-order valence-electron chi connectivity index (χ2n) is 5.00. The van der Waals surface area contributed by atoms with E-state index < -0.39 is 0 Å². The van der Waals surface area contributed by atoms with Crippen molar-refractivity contribution in [3.05, 3.63) is 27.4 Å². The van der Waals surface area contributed by atoms with Crippen molar-refractivity contribution in [1.29, 1.82) is 0 Å². The lowest BCUT2D eigenvalue weighted by Gasteiger charge is -2.32. The molecule has 0 saturated heterocycles. The average molecular weight is 242 g/mol. The molecular weight excluding hydrogens is 226 g/mol. The van der Waals surface area contributed by atoms with Crippen LogP contribution >= 0.6 is 22.9 Å². The Balaban J connectivity index is 2.29. The standard InChI is InChI=1S/C12H16ClNS/c1-12(2)6-8(5-9(14)7-12)10-3-4-11(13)15-10/h3-5,9H,6-7,14H2,1-2H3. The topological polar surface area (TPSA) is 26.0 Å². The molecule has 1 heterocycles. The van der Waals surface area contributed by atoms with Crippen LogP contribution in [-0.2, 0) is 0 Å². The fourth-order valence-corrected chi connectivity index (χ4v) is 3.32. The third kappa shape index (κ3) is 2.63. The Morgan fingerprint density at radius 1 is 1.47 bits per heavy atom. The number of rotatable bonds is 1. The summed E-state index contributed by atoms with van der Waals surface area (Å²) in [5.74, 6) is 0. The van der Waals surface area contributed by atoms with Gasteiger partial charge < -0.3 is 5.73 Å². The molecule has 0 amide bonds. The summed E-state index contributed by atoms with van der Waals surface area (Å²) in [4.78, 5) is 1.27. The minimum atomic E-state index is 0.185. The molecule has 1 atom stereocenters. The van der Waals surface area contributed by atoms with Gasteiger partial charge in [0.15, 0.2) is 0 Å². The third-order valence-electron chi connectivity index (χ3n) is 2.76. The van der Waals surface area contributed by atoms with E-state index in [-0.39, 0.29) is 6.04 Å². The molecule has 1 unspecified atom stereocenters. The predicted octanol–water partition coefficient (Wildman–Crippen LogP) is 3.93. The molecule has 1 aliphatic rings. The SMILES string of the molecule is CC1(C)CC(c2ccc(Cl)s2)=CC(N)C1. The summed E-state index contributed by atoms with van der Waals surface area (Å²) in [5.41, 5.74) is 7.70. The highest BCUT2D eigenvalue weighted by Crippen LogP contribution is 2.41. The normalized spacial score (nSPS) is 25.1. The Kier molecular flexibility index (Phi) is 2.93. The molecule has 0 spiro atoms. The second kappa shape index (κ2) is 3.93. The van der Waals surface area contributed by atoms with Crippen molar-refractivity contribution in [1.82, 2.24) is 0 Å². The van der Waals surface area contributed by atoms with E-state index in [0.717, 1.165) is 17.2 Å². The first kappa shape index (κ1) is 11.2. The van der Waals surface area contributed by atoms with Crippen molar-refractivity contribution in [2.45, 2.75) is 32.7 Å². The van der Waals surface area contributed by atoms with Gasteiger partial charge in [-0.2, -0.15) is 0 Å². The van der Waals surface area contributed by atoms with E-state index in [1.807, 2.05) is 6.07 Å². The van der Waals surface area contributed by atoms with Gasteiger partial charge in [0, 0.05) is 10.9 Å². The van der Waals surface area contributed by atoms with Crippen LogP contribution in [0.15, 0.2) is 18.2 Å². The Morgan fingerprint density at radius 2 is 2.20 bits per heavy atom. The summed E-state index contributed by atoms with van der Waals surface area (Å²) < 4.78 is 0.850. The molecule has 0 radical (unpaired) electrons. The van der Waals surface area contributed by atoms with Crippen LogP contribution in [0.1, 0.15) is 31.6 Å². The molecule has 0 bridgehead atoms. The fourth-order valence-electron chi connectivity index (χ4n) is 2.26. The fraction of sp³-hybridized carbons (Fsp3) is 0.500. The van der Waals surface area contributed by atoms with Crippen LogP contribution in [-0.4, -0.2) is 6.04 Å². The quantitative estimate of drug-likeness (QED) is 0.792. The van der Waals surface area contributed by atoms with Crippen molar-refractivity contribution in [3.63, 3.8) is 0 Å². The molecule has 0 saturated carbocycles. The summed E-state index contributed by atoms with van der Waals surface area (Å²) in [7, 11) is 0. The van der Waals surface area contributed by atoms with E-state index in [4.69, 9.17) is 17.3 Å². The molecule has 1 aromatic heterocycles. The van der Waals surface area contributed by atoms with Gasteiger partial charge >= 0.3 is 0 Å². The molecule has 82 valence electrons. The molecule has 0 fully saturated rings. The lowest BCUT2D eigenvalue weighted by Crippen LogP contribution is -2.30. The zero-order valence-electron chi connectivity index (χ0n) is 9.09. The molecule has 1 aromatic rings. The number of thiophene rings is 1. The summed E-state index contributed by atoms with van der Waals surface area (Å²) in [6, 6.07) is 4.23. The summed E-state index contributed by atoms with van der Waals surface area (Å²) >= 11 is 7.59. The van der Waals surface area contributed by atoms with Gasteiger partial charge in [0.2, 0.25) is 0 Å². The van der Waals surface area contributed by atoms with Crippen LogP contribution in [0.4, 0.5) is 0 Å². The highest BCUT2D eigenvalue weighted by Gasteiger charge is 2.27. The van der Waals surface area contributed by atoms with Crippen LogP contribution in [0.3, 0.4) is 0 Å². The third-order valence-corrected chi connectivity index (χ3v) is 4.07. The summed E-state index contributed by atoms with van der Waals surface area (Å²) in [6.07, 6.45) is 4.35. The Hall–Kier alpha value is -0.310. The summed E-state index contributed by atoms with van der Waals surface area (Å²) in [6.45, 7) is 4.55. The maximum Gasteiger partial charge on any atom is 0.0934 e. The van der Waals surface area contributed by atoms with Gasteiger partial charge in [0.25, 0.3) is 0 Å². The van der Waals surface area contributed by atoms with E-state index >= 15 is 0 Å². The van der Waals surface area contributed by atoms with E-state index in [0.29, 0.717) is 5.41 Å². The van der Waals surface area contributed by atoms with Crippen LogP contribution in [0.2, 0.25) is 4.34 Å². The smallest absolute Gasteiger partial charge is 0.0934 e. The van der Waals surface area contributed by atoms with Crippen molar-refractivity contribution in [2.75, 3.05) is 0 Å². The van der Waals surface area contributed by atoms with E-state index in [2.05, 4.69) is 26.0 Å². The molecular formula is C12H16ClNS. The first-order chi connectivity index (χ1) is 6.96. The zero-order chi connectivity index (χ0) is 11.1. The van der Waals surface area contributed by atoms with Crippen LogP contribution in [0, 0.1) is 5.41 Å². The van der Waals surface area contributed by atoms with Crippen molar-refractivity contribution in [2.24, 2.45) is 11.1 Å². The van der Waals surface area contributed by atoms with Gasteiger partial charge in [-0.25, -0.2) is 0 Å². The first-order valence-corrected chi connectivity index (χ1v) is 6.38. The highest BCUT2D eigenvalue weighted by molar-refractivity contribution is 7.17. The maximum atomic E-state index is 6.04. The first-order valence-electron chi connectivity index (χ1n) is 5.18. The molecule has 3 heteroatoms. The highest BCUT2D eigenvalue weighted by atomic mass is 35.5. The minimum absolute atomic E-state index is 0.185. The molecule has 0 aromatic carbocycles. The van der Waals surface area contributed by atoms with Gasteiger partial charge in [-0.3, -0.25) is 0 Å². The van der Waals surface area contributed by atoms with Gasteiger partial charge in [-0.15, -0.1) is 11.3 Å². The van der Waals surface area contributed by atoms with E-state index in [1.165, 1.54) is 10.5 Å². The largest absolute Gasteiger partial charge is 0.324 e. The molecule has 1 aliphatic carbocycles. The van der Waals surface area contributed by atoms with Crippen LogP contribution in [0.25, 0.3) is 5.57 Å². The van der Waals surface area contributed by atoms with Gasteiger partial charge in [-0.05, 0) is 36.0 Å². The van der Waals surface area contributed by atoms with Gasteiger partial charge in [0.05, 0.1) is 4.34 Å². The Labute approximate surface area is 99.9 Å². The van der Waals surface area contributed by atoms with E-state index in [1.54, 1.807) is 11.3 Å². The number of allylic oxidation sites excluding steroid dienone is 1. The Bertz CT molecular complexity index is 392. The van der Waals surface area contributed by atoms with Gasteiger partial charge in [-0.1, -0.05) is 31.5 Å². The number of halogens is 1. The minimum Gasteiger partial charge on any atom is -0.324 e. The zero-order valence-corrected chi connectivity index (χ0v) is 10.7. The monoisotopic (exact) mass is 241 g/mol. The van der Waals surface area contributed by atoms with Crippen molar-refractivity contribution in [3.8, 4) is 0 Å². The summed E-state index contributed by atoms with van der Waals surface area (Å²) in [5, 5.41) is 0.